The van der Waals surface area contributed by atoms with Crippen LogP contribution in [0, 0.1) is 5.92 Å². The Morgan fingerprint density at radius 1 is 1.32 bits per heavy atom. The molecule has 22 heavy (non-hydrogen) atoms. The quantitative estimate of drug-likeness (QED) is 0.444. The van der Waals surface area contributed by atoms with Gasteiger partial charge >= 0.3 is 12.1 Å². The van der Waals surface area contributed by atoms with Crippen molar-refractivity contribution in [3.05, 3.63) is 12.2 Å². The van der Waals surface area contributed by atoms with Crippen molar-refractivity contribution in [2.75, 3.05) is 26.4 Å². The fourth-order valence-corrected chi connectivity index (χ4v) is 2.49. The van der Waals surface area contributed by atoms with Crippen LogP contribution in [0.4, 0.5) is 4.79 Å². The van der Waals surface area contributed by atoms with Crippen LogP contribution in [0.5, 0.6) is 0 Å². The van der Waals surface area contributed by atoms with Gasteiger partial charge in [-0.15, -0.1) is 0 Å². The second-order valence-corrected chi connectivity index (χ2v) is 6.13. The van der Waals surface area contributed by atoms with Crippen molar-refractivity contribution in [1.29, 1.82) is 0 Å². The van der Waals surface area contributed by atoms with E-state index in [-0.39, 0.29) is 13.2 Å². The molecule has 6 nitrogen and oxygen atoms in total. The monoisotopic (exact) mass is 313 g/mol. The number of alkyl carbamates (subject to hydrolysis) is 1. The van der Waals surface area contributed by atoms with Crippen molar-refractivity contribution in [1.82, 2.24) is 5.32 Å². The summed E-state index contributed by atoms with van der Waals surface area (Å²) in [6.07, 6.45) is 1.76. The minimum atomic E-state index is -0.478. The lowest BCUT2D eigenvalue weighted by Gasteiger charge is -2.37. The first-order valence-corrected chi connectivity index (χ1v) is 7.72. The van der Waals surface area contributed by atoms with E-state index < -0.39 is 17.7 Å². The van der Waals surface area contributed by atoms with Crippen molar-refractivity contribution in [2.24, 2.45) is 5.92 Å². The van der Waals surface area contributed by atoms with E-state index in [1.807, 2.05) is 0 Å². The fraction of sp³-hybridized carbons (Fsp3) is 0.750. The normalized spacial score (nSPS) is 16.9. The average Bonchev–Trinajstić information content (AvgIpc) is 2.43. The largest absolute Gasteiger partial charge is 0.460 e. The van der Waals surface area contributed by atoms with Crippen LogP contribution in [-0.4, -0.2) is 44.0 Å². The minimum Gasteiger partial charge on any atom is -0.460 e. The van der Waals surface area contributed by atoms with Crippen LogP contribution in [0.25, 0.3) is 0 Å². The Morgan fingerprint density at radius 2 is 1.95 bits per heavy atom. The second-order valence-electron chi connectivity index (χ2n) is 6.13. The van der Waals surface area contributed by atoms with E-state index in [0.717, 1.165) is 6.42 Å². The molecule has 0 spiro atoms. The van der Waals surface area contributed by atoms with Crippen molar-refractivity contribution in [3.8, 4) is 0 Å². The molecule has 1 saturated heterocycles. The zero-order chi connectivity index (χ0) is 16.6. The van der Waals surface area contributed by atoms with Gasteiger partial charge in [0.25, 0.3) is 0 Å². The predicted molar refractivity (Wildman–Crippen MR) is 82.5 cm³/mol. The van der Waals surface area contributed by atoms with E-state index in [1.54, 1.807) is 6.92 Å². The van der Waals surface area contributed by atoms with Crippen molar-refractivity contribution >= 4 is 12.1 Å². The Morgan fingerprint density at radius 3 is 2.50 bits per heavy atom. The number of nitrogens with one attached hydrogen (secondary N) is 1. The molecule has 0 bridgehead atoms. The summed E-state index contributed by atoms with van der Waals surface area (Å²) in [5, 5.41) is 2.61. The highest BCUT2D eigenvalue weighted by Gasteiger charge is 2.37. The van der Waals surface area contributed by atoms with Crippen LogP contribution in [-0.2, 0) is 19.0 Å². The molecule has 1 heterocycles. The fourth-order valence-electron chi connectivity index (χ4n) is 2.49. The maximum atomic E-state index is 11.9. The van der Waals surface area contributed by atoms with Gasteiger partial charge in [-0.05, 0) is 19.3 Å². The molecule has 126 valence electrons. The van der Waals surface area contributed by atoms with Crippen LogP contribution < -0.4 is 5.32 Å². The first-order valence-electron chi connectivity index (χ1n) is 7.72. The number of hydrogen-bond acceptors (Lipinski definition) is 5. The molecule has 6 heteroatoms. The maximum Gasteiger partial charge on any atom is 0.407 e. The number of amides is 1. The molecule has 0 unspecified atom stereocenters. The first kappa shape index (κ1) is 18.5. The summed E-state index contributed by atoms with van der Waals surface area (Å²) in [5.74, 6) is -0.0294. The van der Waals surface area contributed by atoms with Crippen molar-refractivity contribution < 1.29 is 23.8 Å². The Balaban J connectivity index is 2.37. The van der Waals surface area contributed by atoms with E-state index >= 15 is 0 Å². The number of esters is 1. The van der Waals surface area contributed by atoms with Gasteiger partial charge in [0.15, 0.2) is 0 Å². The molecule has 0 aromatic rings. The highest BCUT2D eigenvalue weighted by atomic mass is 16.6. The number of carbonyl (C=O) groups is 2. The van der Waals surface area contributed by atoms with Gasteiger partial charge in [-0.2, -0.15) is 0 Å². The topological polar surface area (TPSA) is 73.9 Å². The third-order valence-electron chi connectivity index (χ3n) is 3.45. The van der Waals surface area contributed by atoms with E-state index in [9.17, 15) is 9.59 Å². The summed E-state index contributed by atoms with van der Waals surface area (Å²) in [5.41, 5.74) is -0.120. The molecule has 0 atom stereocenters. The SMILES string of the molecule is C=C(C)C(=O)OCCNC(=O)OC1(CC(C)C)CCOCC1. The van der Waals surface area contributed by atoms with E-state index in [4.69, 9.17) is 14.2 Å². The molecule has 1 aliphatic rings. The number of rotatable bonds is 7. The van der Waals surface area contributed by atoms with Crippen molar-refractivity contribution in [2.45, 2.75) is 45.6 Å². The maximum absolute atomic E-state index is 11.9. The molecule has 1 rings (SSSR count). The average molecular weight is 313 g/mol. The zero-order valence-electron chi connectivity index (χ0n) is 13.8. The summed E-state index contributed by atoms with van der Waals surface area (Å²) >= 11 is 0. The zero-order valence-corrected chi connectivity index (χ0v) is 13.8. The summed E-state index contributed by atoms with van der Waals surface area (Å²) in [7, 11) is 0. The van der Waals surface area contributed by atoms with Crippen LogP contribution >= 0.6 is 0 Å². The van der Waals surface area contributed by atoms with Gasteiger partial charge in [0.1, 0.15) is 12.2 Å². The second kappa shape index (κ2) is 8.78. The van der Waals surface area contributed by atoms with Gasteiger partial charge in [-0.1, -0.05) is 20.4 Å². The van der Waals surface area contributed by atoms with Crippen LogP contribution in [0.2, 0.25) is 0 Å². The van der Waals surface area contributed by atoms with E-state index in [0.29, 0.717) is 37.5 Å². The molecule has 0 aromatic heterocycles. The molecular weight excluding hydrogens is 286 g/mol. The van der Waals surface area contributed by atoms with Gasteiger partial charge in [0.05, 0.1) is 19.8 Å². The standard InChI is InChI=1S/C16H27NO5/c1-12(2)11-16(5-8-20-9-6-16)22-15(19)17-7-10-21-14(18)13(3)4/h12H,3,5-11H2,1-2,4H3,(H,17,19). The molecule has 0 radical (unpaired) electrons. The van der Waals surface area contributed by atoms with Gasteiger partial charge < -0.3 is 19.5 Å². The Labute approximate surface area is 132 Å². The third kappa shape index (κ3) is 6.47. The Hall–Kier alpha value is -1.56. The highest BCUT2D eigenvalue weighted by Crippen LogP contribution is 2.32. The summed E-state index contributed by atoms with van der Waals surface area (Å²) in [6.45, 7) is 10.8. The number of hydrogen-bond donors (Lipinski definition) is 1. The molecule has 0 aliphatic carbocycles. The third-order valence-corrected chi connectivity index (χ3v) is 3.45. The summed E-state index contributed by atoms with van der Waals surface area (Å²) in [6, 6.07) is 0. The van der Waals surface area contributed by atoms with Gasteiger partial charge in [-0.25, -0.2) is 9.59 Å². The van der Waals surface area contributed by atoms with Crippen molar-refractivity contribution in [3.63, 3.8) is 0 Å². The predicted octanol–water partition coefficient (Wildman–Crippen LogP) is 2.43. The molecular formula is C16H27NO5. The van der Waals surface area contributed by atoms with Crippen LogP contribution in [0.3, 0.4) is 0 Å². The minimum absolute atomic E-state index is 0.0983. The molecule has 1 fully saturated rings. The lowest BCUT2D eigenvalue weighted by Crippen LogP contribution is -2.45. The lowest BCUT2D eigenvalue weighted by atomic mass is 9.85. The number of carbonyl (C=O) groups excluding carboxylic acids is 2. The summed E-state index contributed by atoms with van der Waals surface area (Å²) < 4.78 is 15.9. The Kier molecular flexibility index (Phi) is 7.38. The molecule has 1 amide bonds. The Bertz CT molecular complexity index is 399. The molecule has 0 aromatic carbocycles. The molecule has 1 N–H and O–H groups in total. The van der Waals surface area contributed by atoms with Gasteiger partial charge in [0, 0.05) is 18.4 Å². The van der Waals surface area contributed by atoms with E-state index in [1.165, 1.54) is 0 Å². The van der Waals surface area contributed by atoms with Crippen LogP contribution in [0.15, 0.2) is 12.2 Å². The molecule has 1 aliphatic heterocycles. The smallest absolute Gasteiger partial charge is 0.407 e. The number of ether oxygens (including phenoxy) is 3. The van der Waals surface area contributed by atoms with Gasteiger partial charge in [0.2, 0.25) is 0 Å². The van der Waals surface area contributed by atoms with Gasteiger partial charge in [-0.3, -0.25) is 0 Å². The van der Waals surface area contributed by atoms with E-state index in [2.05, 4.69) is 25.7 Å². The summed E-state index contributed by atoms with van der Waals surface area (Å²) in [4.78, 5) is 23.1. The first-order chi connectivity index (χ1) is 10.3. The molecule has 0 saturated carbocycles. The van der Waals surface area contributed by atoms with Crippen LogP contribution in [0.1, 0.15) is 40.0 Å². The highest BCUT2D eigenvalue weighted by molar-refractivity contribution is 5.86. The lowest BCUT2D eigenvalue weighted by molar-refractivity contribution is -0.138.